The molecule has 6 heterocycles. The number of hydrogen-bond donors (Lipinski definition) is 5. The monoisotopic (exact) mass is 960 g/mol. The van der Waals surface area contributed by atoms with Gasteiger partial charge in [0.25, 0.3) is 0 Å². The van der Waals surface area contributed by atoms with Gasteiger partial charge in [-0.05, 0) is 55.3 Å². The summed E-state index contributed by atoms with van der Waals surface area (Å²) in [6.07, 6.45) is 5.93. The first-order chi connectivity index (χ1) is 33.6. The van der Waals surface area contributed by atoms with Crippen LogP contribution in [0.15, 0.2) is 122 Å². The molecule has 20 heteroatoms. The van der Waals surface area contributed by atoms with Crippen molar-refractivity contribution in [3.63, 3.8) is 0 Å². The number of rotatable bonds is 15. The fourth-order valence-corrected chi connectivity index (χ4v) is 8.06. The van der Waals surface area contributed by atoms with Crippen molar-refractivity contribution in [2.75, 3.05) is 28.7 Å². The molecule has 8 rings (SSSR count). The van der Waals surface area contributed by atoms with Crippen LogP contribution >= 0.6 is 0 Å². The molecule has 70 heavy (non-hydrogen) atoms. The Morgan fingerprint density at radius 1 is 0.643 bits per heavy atom. The van der Waals surface area contributed by atoms with E-state index in [1.165, 1.54) is 28.4 Å². The highest BCUT2D eigenvalue weighted by atomic mass is 28.3. The molecule has 6 aromatic heterocycles. The van der Waals surface area contributed by atoms with Crippen molar-refractivity contribution in [1.82, 2.24) is 49.7 Å². The van der Waals surface area contributed by atoms with Crippen molar-refractivity contribution in [1.29, 1.82) is 0 Å². The van der Waals surface area contributed by atoms with Gasteiger partial charge in [0, 0.05) is 39.2 Å². The molecular weight excluding hydrogens is 905 g/mol. The minimum atomic E-state index is -1.25. The lowest BCUT2D eigenvalue weighted by Gasteiger charge is -2.22. The number of pyridine rings is 4. The number of carbonyl (C=O) groups excluding carboxylic acids is 4. The molecule has 8 aromatic rings. The molecule has 0 saturated carbocycles. The molecule has 0 atom stereocenters. The first-order valence-corrected chi connectivity index (χ1v) is 26.2. The largest absolute Gasteiger partial charge is 0.383 e. The Labute approximate surface area is 405 Å². The lowest BCUT2D eigenvalue weighted by atomic mass is 10.2. The van der Waals surface area contributed by atoms with Gasteiger partial charge in [0.15, 0.2) is 0 Å². The number of amides is 4. The third kappa shape index (κ3) is 13.2. The fraction of sp³-hybridized carbons (Fsp3) is 0.240. The summed E-state index contributed by atoms with van der Waals surface area (Å²) in [6, 6.07) is 31.2. The minimum absolute atomic E-state index is 0.182. The number of carbonyl (C=O) groups is 4. The number of aryl methyl sites for hydroxylation is 2. The number of H-pyrrole nitrogens is 1. The zero-order chi connectivity index (χ0) is 49.8. The van der Waals surface area contributed by atoms with Crippen LogP contribution in [0, 0.1) is 13.8 Å². The van der Waals surface area contributed by atoms with Crippen LogP contribution in [0.2, 0.25) is 25.7 Å². The van der Waals surface area contributed by atoms with E-state index >= 15 is 0 Å². The van der Waals surface area contributed by atoms with Gasteiger partial charge in [-0.15, -0.1) is 0 Å². The second-order valence-corrected chi connectivity index (χ2v) is 23.4. The topological polar surface area (TPSA) is 258 Å². The Hall–Kier alpha value is -8.36. The molecule has 0 aliphatic rings. The quantitative estimate of drug-likeness (QED) is 0.0412. The van der Waals surface area contributed by atoms with Gasteiger partial charge < -0.3 is 36.6 Å². The summed E-state index contributed by atoms with van der Waals surface area (Å²) < 4.78 is 7.49. The average molecular weight is 961 g/mol. The van der Waals surface area contributed by atoms with Crippen LogP contribution in [0.3, 0.4) is 0 Å². The molecule has 19 nitrogen and oxygen atoms in total. The van der Waals surface area contributed by atoms with E-state index in [4.69, 9.17) is 16.2 Å². The van der Waals surface area contributed by atoms with Crippen molar-refractivity contribution in [2.24, 2.45) is 0 Å². The van der Waals surface area contributed by atoms with E-state index in [0.717, 1.165) is 28.6 Å². The van der Waals surface area contributed by atoms with Gasteiger partial charge in [-0.2, -0.15) is 10.2 Å². The number of aromatic amines is 1. The second-order valence-electron chi connectivity index (χ2n) is 17.8. The Kier molecular flexibility index (Phi) is 16.0. The summed E-state index contributed by atoms with van der Waals surface area (Å²) in [5, 5.41) is 17.6. The average Bonchev–Trinajstić information content (AvgIpc) is 4.02. The highest BCUT2D eigenvalue weighted by molar-refractivity contribution is 6.76. The van der Waals surface area contributed by atoms with Crippen LogP contribution in [-0.2, 0) is 56.8 Å². The molecule has 4 amide bonds. The van der Waals surface area contributed by atoms with E-state index in [2.05, 4.69) is 65.5 Å². The summed E-state index contributed by atoms with van der Waals surface area (Å²) in [5.41, 5.74) is 18.5. The Bertz CT molecular complexity index is 3100. The van der Waals surface area contributed by atoms with Gasteiger partial charge in [-0.1, -0.05) is 92.4 Å². The Balaban J connectivity index is 0.000000212. The van der Waals surface area contributed by atoms with Crippen LogP contribution in [0.1, 0.15) is 33.9 Å². The third-order valence-electron chi connectivity index (χ3n) is 10.9. The standard InChI is InChI=1S/C28H35N7O3Si.C22H21N7O2/c1-20-9-8-12-22(32-20)18-34(17-21-10-6-5-7-11-21)28(37)27(36)33-24-16-30-26(29)23-15-31-35(25(23)24)19-38-13-14-39(2,3)4;1-14-6-5-9-16(26-14)13-29(12-15-7-3-2-4-8-15)22(31)21(30)27-18-11-24-20(23)17-10-25-28-19(17)18/h5-12,15-16H,13-14,17-19H2,1-4H3,(H2,29,30)(H,33,36);2-11H,12-13H2,1H3,(H2,23,24)(H,25,28)(H,27,30). The highest BCUT2D eigenvalue weighted by Gasteiger charge is 2.26. The molecule has 0 fully saturated rings. The number of nitrogens with one attached hydrogen (secondary N) is 3. The molecule has 7 N–H and O–H groups in total. The molecule has 0 aliphatic heterocycles. The van der Waals surface area contributed by atoms with Crippen molar-refractivity contribution >= 4 is 76.5 Å². The normalized spacial score (nSPS) is 11.2. The van der Waals surface area contributed by atoms with Crippen molar-refractivity contribution in [3.8, 4) is 0 Å². The number of ether oxygens (including phenoxy) is 1. The number of hydrogen-bond acceptors (Lipinski definition) is 13. The Morgan fingerprint density at radius 2 is 1.16 bits per heavy atom. The van der Waals surface area contributed by atoms with Crippen LogP contribution in [0.5, 0.6) is 0 Å². The van der Waals surface area contributed by atoms with E-state index < -0.39 is 31.7 Å². The van der Waals surface area contributed by atoms with Gasteiger partial charge in [-0.3, -0.25) is 34.2 Å². The molecule has 0 spiro atoms. The SMILES string of the molecule is Cc1cccc(CN(Cc2ccccc2)C(=O)C(=O)Nc2cnc(N)c3cn[nH]c23)n1.Cc1cccc(CN(Cc2ccccc2)C(=O)C(=O)Nc2cnc(N)c3cnn(COCC[Si](C)(C)C)c23)n1. The molecular formula is C50H56N14O5Si. The predicted octanol–water partition coefficient (Wildman–Crippen LogP) is 6.61. The lowest BCUT2D eigenvalue weighted by molar-refractivity contribution is -0.144. The van der Waals surface area contributed by atoms with Crippen LogP contribution in [-0.4, -0.2) is 88.0 Å². The number of nitrogen functional groups attached to an aromatic ring is 2. The summed E-state index contributed by atoms with van der Waals surface area (Å²) in [4.78, 5) is 72.9. The number of aromatic nitrogens is 8. The number of benzene rings is 2. The highest BCUT2D eigenvalue weighted by Crippen LogP contribution is 2.27. The second kappa shape index (κ2) is 22.6. The summed E-state index contributed by atoms with van der Waals surface area (Å²) in [7, 11) is -1.25. The number of fused-ring (bicyclic) bond motifs is 2. The number of anilines is 4. The summed E-state index contributed by atoms with van der Waals surface area (Å²) in [6.45, 7) is 12.3. The first kappa shape index (κ1) is 49.5. The minimum Gasteiger partial charge on any atom is -0.383 e. The number of nitrogens with zero attached hydrogens (tertiary/aromatic N) is 9. The van der Waals surface area contributed by atoms with Crippen molar-refractivity contribution in [2.45, 2.75) is 72.4 Å². The fourth-order valence-electron chi connectivity index (χ4n) is 7.30. The van der Waals surface area contributed by atoms with E-state index in [0.29, 0.717) is 51.2 Å². The smallest absolute Gasteiger partial charge is 0.314 e. The van der Waals surface area contributed by atoms with Crippen LogP contribution < -0.4 is 22.1 Å². The lowest BCUT2D eigenvalue weighted by Crippen LogP contribution is -2.39. The third-order valence-corrected chi connectivity index (χ3v) is 12.6. The van der Waals surface area contributed by atoms with E-state index in [9.17, 15) is 19.2 Å². The maximum atomic E-state index is 13.5. The molecule has 2 aromatic carbocycles. The molecule has 360 valence electrons. The molecule has 0 aliphatic carbocycles. The van der Waals surface area contributed by atoms with E-state index in [1.54, 1.807) is 10.9 Å². The first-order valence-electron chi connectivity index (χ1n) is 22.5. The van der Waals surface area contributed by atoms with Gasteiger partial charge in [0.1, 0.15) is 18.4 Å². The number of nitrogens with two attached hydrogens (primary N) is 2. The van der Waals surface area contributed by atoms with Crippen molar-refractivity contribution in [3.05, 3.63) is 156 Å². The van der Waals surface area contributed by atoms with Gasteiger partial charge in [-0.25, -0.2) is 14.6 Å². The molecule has 0 saturated heterocycles. The van der Waals surface area contributed by atoms with Gasteiger partial charge in [0.05, 0.1) is 82.4 Å². The molecule has 0 bridgehead atoms. The van der Waals surface area contributed by atoms with E-state index in [1.807, 2.05) is 111 Å². The van der Waals surface area contributed by atoms with Gasteiger partial charge >= 0.3 is 23.6 Å². The Morgan fingerprint density at radius 3 is 1.69 bits per heavy atom. The molecule has 0 unspecified atom stereocenters. The van der Waals surface area contributed by atoms with E-state index in [-0.39, 0.29) is 44.5 Å². The zero-order valence-electron chi connectivity index (χ0n) is 39.7. The predicted molar refractivity (Wildman–Crippen MR) is 271 cm³/mol. The summed E-state index contributed by atoms with van der Waals surface area (Å²) >= 11 is 0. The maximum Gasteiger partial charge on any atom is 0.314 e. The zero-order valence-corrected chi connectivity index (χ0v) is 40.7. The van der Waals surface area contributed by atoms with Crippen LogP contribution in [0.25, 0.3) is 21.8 Å². The van der Waals surface area contributed by atoms with Crippen LogP contribution in [0.4, 0.5) is 23.0 Å². The summed E-state index contributed by atoms with van der Waals surface area (Å²) in [5.74, 6) is -2.39. The van der Waals surface area contributed by atoms with Crippen molar-refractivity contribution < 1.29 is 23.9 Å². The molecule has 0 radical (unpaired) electrons. The maximum absolute atomic E-state index is 13.5. The van der Waals surface area contributed by atoms with Gasteiger partial charge in [0.2, 0.25) is 0 Å².